The molecule has 0 radical (unpaired) electrons. The van der Waals surface area contributed by atoms with Crippen molar-refractivity contribution in [2.45, 2.75) is 20.8 Å². The first-order valence-electron chi connectivity index (χ1n) is 5.99. The molecule has 0 spiro atoms. The molecule has 92 valence electrons. The van der Waals surface area contributed by atoms with E-state index in [9.17, 15) is 4.79 Å². The van der Waals surface area contributed by atoms with Gasteiger partial charge in [-0.1, -0.05) is 43.7 Å². The second kappa shape index (κ2) is 6.24. The maximum atomic E-state index is 11.8. The molecule has 0 unspecified atom stereocenters. The van der Waals surface area contributed by atoms with Crippen molar-refractivity contribution in [2.75, 3.05) is 13.6 Å². The smallest absolute Gasteiger partial charge is 0.246 e. The Bertz CT molecular complexity index is 390. The topological polar surface area (TPSA) is 20.3 Å². The van der Waals surface area contributed by atoms with Crippen LogP contribution in [0.3, 0.4) is 0 Å². The highest BCUT2D eigenvalue weighted by Crippen LogP contribution is 2.05. The molecule has 0 aliphatic heterocycles. The number of hydrogen-bond acceptors (Lipinski definition) is 1. The number of carbonyl (C=O) groups is 1. The molecule has 0 N–H and O–H groups in total. The number of rotatable bonds is 4. The van der Waals surface area contributed by atoms with Gasteiger partial charge < -0.3 is 4.90 Å². The van der Waals surface area contributed by atoms with Crippen LogP contribution >= 0.6 is 0 Å². The minimum absolute atomic E-state index is 0.0549. The second-order valence-electron chi connectivity index (χ2n) is 4.86. The minimum Gasteiger partial charge on any atom is -0.342 e. The van der Waals surface area contributed by atoms with Crippen molar-refractivity contribution < 1.29 is 4.79 Å². The van der Waals surface area contributed by atoms with Crippen LogP contribution in [-0.2, 0) is 4.79 Å². The molecule has 1 aromatic carbocycles. The largest absolute Gasteiger partial charge is 0.342 e. The van der Waals surface area contributed by atoms with Crippen LogP contribution in [0.4, 0.5) is 0 Å². The number of nitrogens with zero attached hydrogens (tertiary/aromatic N) is 1. The Morgan fingerprint density at radius 2 is 1.88 bits per heavy atom. The van der Waals surface area contributed by atoms with E-state index >= 15 is 0 Å². The Morgan fingerprint density at radius 1 is 1.29 bits per heavy atom. The molecule has 0 aliphatic carbocycles. The Balaban J connectivity index is 2.58. The van der Waals surface area contributed by atoms with E-state index in [0.29, 0.717) is 5.92 Å². The van der Waals surface area contributed by atoms with E-state index in [1.165, 1.54) is 5.56 Å². The summed E-state index contributed by atoms with van der Waals surface area (Å²) in [5, 5.41) is 0. The number of carbonyl (C=O) groups excluding carboxylic acids is 1. The van der Waals surface area contributed by atoms with E-state index in [0.717, 1.165) is 12.1 Å². The fourth-order valence-electron chi connectivity index (χ4n) is 1.61. The van der Waals surface area contributed by atoms with Crippen LogP contribution in [0.25, 0.3) is 6.08 Å². The van der Waals surface area contributed by atoms with E-state index in [1.807, 2.05) is 37.4 Å². The van der Waals surface area contributed by atoms with Gasteiger partial charge >= 0.3 is 0 Å². The molecule has 0 bridgehead atoms. The van der Waals surface area contributed by atoms with Gasteiger partial charge in [-0.3, -0.25) is 4.79 Å². The van der Waals surface area contributed by atoms with Crippen LogP contribution in [0.2, 0.25) is 0 Å². The van der Waals surface area contributed by atoms with Gasteiger partial charge in [0.1, 0.15) is 0 Å². The van der Waals surface area contributed by atoms with Gasteiger partial charge in [-0.2, -0.15) is 0 Å². The van der Waals surface area contributed by atoms with Gasteiger partial charge in [0.2, 0.25) is 5.91 Å². The van der Waals surface area contributed by atoms with Crippen molar-refractivity contribution in [1.29, 1.82) is 0 Å². The minimum atomic E-state index is 0.0549. The fraction of sp³-hybridized carbons (Fsp3) is 0.400. The van der Waals surface area contributed by atoms with Crippen LogP contribution in [0, 0.1) is 12.8 Å². The zero-order valence-corrected chi connectivity index (χ0v) is 11.1. The lowest BCUT2D eigenvalue weighted by molar-refractivity contribution is -0.125. The highest BCUT2D eigenvalue weighted by atomic mass is 16.2. The third-order valence-electron chi connectivity index (χ3n) is 2.51. The predicted octanol–water partition coefficient (Wildman–Crippen LogP) is 3.12. The van der Waals surface area contributed by atoms with Gasteiger partial charge in [-0.15, -0.1) is 0 Å². The summed E-state index contributed by atoms with van der Waals surface area (Å²) in [7, 11) is 1.84. The van der Waals surface area contributed by atoms with Crippen LogP contribution < -0.4 is 0 Å². The SMILES string of the molecule is Cc1ccc(/C=C/C(=O)N(C)CC(C)C)cc1. The number of amides is 1. The summed E-state index contributed by atoms with van der Waals surface area (Å²) >= 11 is 0. The third-order valence-corrected chi connectivity index (χ3v) is 2.51. The lowest BCUT2D eigenvalue weighted by Crippen LogP contribution is -2.28. The molecule has 0 aromatic heterocycles. The summed E-state index contributed by atoms with van der Waals surface area (Å²) in [4.78, 5) is 13.5. The number of likely N-dealkylation sites (N-methyl/N-ethyl adjacent to an activating group) is 1. The van der Waals surface area contributed by atoms with Gasteiger partial charge in [-0.25, -0.2) is 0 Å². The van der Waals surface area contributed by atoms with Gasteiger partial charge in [0.25, 0.3) is 0 Å². The van der Waals surface area contributed by atoms with Crippen molar-refractivity contribution in [3.8, 4) is 0 Å². The van der Waals surface area contributed by atoms with Crippen molar-refractivity contribution in [1.82, 2.24) is 4.90 Å². The molecule has 0 saturated carbocycles. The summed E-state index contributed by atoms with van der Waals surface area (Å²) in [5.41, 5.74) is 2.28. The Morgan fingerprint density at radius 3 is 2.41 bits per heavy atom. The quantitative estimate of drug-likeness (QED) is 0.729. The first-order chi connectivity index (χ1) is 7.99. The molecule has 0 atom stereocenters. The molecule has 0 fully saturated rings. The molecule has 2 heteroatoms. The number of aryl methyl sites for hydroxylation is 1. The van der Waals surface area contributed by atoms with Crippen molar-refractivity contribution in [3.05, 3.63) is 41.5 Å². The molecular formula is C15H21NO. The molecule has 1 rings (SSSR count). The van der Waals surface area contributed by atoms with E-state index in [1.54, 1.807) is 11.0 Å². The number of benzene rings is 1. The lowest BCUT2D eigenvalue weighted by atomic mass is 10.1. The molecule has 0 aliphatic rings. The first-order valence-corrected chi connectivity index (χ1v) is 5.99. The summed E-state index contributed by atoms with van der Waals surface area (Å²) in [6.45, 7) is 7.05. The highest BCUT2D eigenvalue weighted by Gasteiger charge is 2.05. The zero-order valence-electron chi connectivity index (χ0n) is 11.1. The Kier molecular flexibility index (Phi) is 4.95. The van der Waals surface area contributed by atoms with Gasteiger partial charge in [-0.05, 0) is 24.5 Å². The average Bonchev–Trinajstić information content (AvgIpc) is 2.27. The molecule has 1 amide bonds. The molecule has 17 heavy (non-hydrogen) atoms. The van der Waals surface area contributed by atoms with Crippen LogP contribution in [0.15, 0.2) is 30.3 Å². The van der Waals surface area contributed by atoms with E-state index in [-0.39, 0.29) is 5.91 Å². The van der Waals surface area contributed by atoms with Crippen molar-refractivity contribution >= 4 is 12.0 Å². The summed E-state index contributed by atoms with van der Waals surface area (Å²) in [5.74, 6) is 0.552. The highest BCUT2D eigenvalue weighted by molar-refractivity contribution is 5.91. The van der Waals surface area contributed by atoms with Crippen LogP contribution in [0.1, 0.15) is 25.0 Å². The average molecular weight is 231 g/mol. The standard InChI is InChI=1S/C15H21NO/c1-12(2)11-16(4)15(17)10-9-14-7-5-13(3)6-8-14/h5-10,12H,11H2,1-4H3/b10-9+. The summed E-state index contributed by atoms with van der Waals surface area (Å²) in [6.07, 6.45) is 3.49. The van der Waals surface area contributed by atoms with E-state index < -0.39 is 0 Å². The summed E-state index contributed by atoms with van der Waals surface area (Å²) in [6, 6.07) is 8.12. The fourth-order valence-corrected chi connectivity index (χ4v) is 1.61. The predicted molar refractivity (Wildman–Crippen MR) is 72.7 cm³/mol. The Hall–Kier alpha value is -1.57. The normalized spacial score (nSPS) is 11.1. The molecule has 0 saturated heterocycles. The molecule has 2 nitrogen and oxygen atoms in total. The van der Waals surface area contributed by atoms with Gasteiger partial charge in [0.05, 0.1) is 0 Å². The van der Waals surface area contributed by atoms with Gasteiger partial charge in [0, 0.05) is 19.7 Å². The summed E-state index contributed by atoms with van der Waals surface area (Å²) < 4.78 is 0. The first kappa shape index (κ1) is 13.5. The molecule has 1 aromatic rings. The van der Waals surface area contributed by atoms with E-state index in [4.69, 9.17) is 0 Å². The zero-order chi connectivity index (χ0) is 12.8. The van der Waals surface area contributed by atoms with Gasteiger partial charge in [0.15, 0.2) is 0 Å². The Labute approximate surface area is 104 Å². The van der Waals surface area contributed by atoms with Crippen LogP contribution in [-0.4, -0.2) is 24.4 Å². The van der Waals surface area contributed by atoms with Crippen LogP contribution in [0.5, 0.6) is 0 Å². The second-order valence-corrected chi connectivity index (χ2v) is 4.86. The maximum absolute atomic E-state index is 11.8. The lowest BCUT2D eigenvalue weighted by Gasteiger charge is -2.17. The van der Waals surface area contributed by atoms with E-state index in [2.05, 4.69) is 20.8 Å². The molecular weight excluding hydrogens is 210 g/mol. The third kappa shape index (κ3) is 4.85. The van der Waals surface area contributed by atoms with Crippen molar-refractivity contribution in [3.63, 3.8) is 0 Å². The van der Waals surface area contributed by atoms with Crippen molar-refractivity contribution in [2.24, 2.45) is 5.92 Å². The number of hydrogen-bond donors (Lipinski definition) is 0. The maximum Gasteiger partial charge on any atom is 0.246 e. The molecule has 0 heterocycles. The monoisotopic (exact) mass is 231 g/mol.